The van der Waals surface area contributed by atoms with Gasteiger partial charge in [-0.25, -0.2) is 0 Å². The highest BCUT2D eigenvalue weighted by atomic mass is 16.8. The topological polar surface area (TPSA) is 413 Å². The number of carbonyl (C=O) groups excluding carboxylic acids is 1. The Morgan fingerprint density at radius 3 is 1.87 bits per heavy atom. The van der Waals surface area contributed by atoms with E-state index in [1.54, 1.807) is 6.92 Å². The van der Waals surface area contributed by atoms with Crippen LogP contribution in [0.15, 0.2) is 11.6 Å². The number of ether oxygens (including phenoxy) is 10. The molecule has 482 valence electrons. The van der Waals surface area contributed by atoms with Crippen LogP contribution in [0.4, 0.5) is 0 Å². The maximum atomic E-state index is 15.7. The minimum atomic E-state index is -1.95. The number of hydrogen-bond acceptors (Lipinski definition) is 26. The van der Waals surface area contributed by atoms with Gasteiger partial charge in [0.15, 0.2) is 31.3 Å². The summed E-state index contributed by atoms with van der Waals surface area (Å²) in [5, 5.41) is 163. The van der Waals surface area contributed by atoms with Crippen molar-refractivity contribution in [1.82, 2.24) is 0 Å². The standard InChI is InChI=1S/C58H94O26/c1-23-11-16-58(52(73)84-51-45(83-49-41(70)37(66)33(62)24(2)78-49)39(68)36(65)29(80-51)22-77-47-40(69)34(63)26(60)20-75-47)18-17-55(6)25(46(58)57(23,8)74)9-10-31-54(5)14-13-32(53(3,4)30(54)12-15-56(31,55)7)81-48-43(72)44(27(61)21-76-48)82-50-42(71)38(67)35(64)28(19-59)79-50/h9,23-24,26-51,59-72,74H,10-22H2,1-8H3. The molecule has 0 spiro atoms. The molecular weight excluding hydrogens is 1110 g/mol. The molecule has 0 amide bonds. The van der Waals surface area contributed by atoms with Crippen LogP contribution in [0, 0.1) is 50.7 Å². The lowest BCUT2D eigenvalue weighted by atomic mass is 9.33. The van der Waals surface area contributed by atoms with E-state index in [0.717, 1.165) is 24.8 Å². The number of aliphatic hydroxyl groups is 15. The third-order valence-corrected chi connectivity index (χ3v) is 23.1. The van der Waals surface area contributed by atoms with Gasteiger partial charge in [-0.05, 0) is 111 Å². The van der Waals surface area contributed by atoms with Crippen LogP contribution in [0.5, 0.6) is 0 Å². The Labute approximate surface area is 488 Å². The van der Waals surface area contributed by atoms with Crippen molar-refractivity contribution in [2.24, 2.45) is 50.7 Å². The van der Waals surface area contributed by atoms with Gasteiger partial charge in [0, 0.05) is 5.92 Å². The van der Waals surface area contributed by atoms with Gasteiger partial charge in [-0.15, -0.1) is 0 Å². The quantitative estimate of drug-likeness (QED) is 0.0528. The third kappa shape index (κ3) is 10.6. The van der Waals surface area contributed by atoms with Crippen molar-refractivity contribution >= 4 is 5.97 Å². The summed E-state index contributed by atoms with van der Waals surface area (Å²) in [4.78, 5) is 15.7. The average Bonchev–Trinajstić information content (AvgIpc) is 0.695. The van der Waals surface area contributed by atoms with E-state index >= 15 is 4.79 Å². The molecule has 0 aromatic rings. The number of carbonyl (C=O) groups is 1. The second-order valence-electron chi connectivity index (χ2n) is 27.9. The van der Waals surface area contributed by atoms with Crippen LogP contribution in [-0.2, 0) is 52.2 Å². The van der Waals surface area contributed by atoms with Crippen molar-refractivity contribution in [2.75, 3.05) is 26.4 Å². The lowest BCUT2D eigenvalue weighted by Gasteiger charge is -2.72. The fourth-order valence-corrected chi connectivity index (χ4v) is 17.5. The number of hydrogen-bond donors (Lipinski definition) is 15. The SMILES string of the molecule is CC1OC(OC2C(OC(=O)C34CCC(C)C(C)(O)C3C3=CCC5C6(C)CCC(OC7OCC(O)C(OC8OC(CO)C(O)C(O)C8O)C7O)C(C)(C)C6CCC5(C)C3(C)CC4)OC(COC3OCC(O)C(O)C3O)C(O)C2O)C(O)C(O)C1O. The summed E-state index contributed by atoms with van der Waals surface area (Å²) < 4.78 is 59.6. The molecular formula is C58H94O26. The summed E-state index contributed by atoms with van der Waals surface area (Å²) in [5.74, 6) is -1.65. The zero-order chi connectivity index (χ0) is 61.3. The van der Waals surface area contributed by atoms with E-state index < -0.39 is 201 Å². The zero-order valence-corrected chi connectivity index (χ0v) is 49.1. The summed E-state index contributed by atoms with van der Waals surface area (Å²) in [6.07, 6.45) is -30.1. The van der Waals surface area contributed by atoms with E-state index in [2.05, 4.69) is 40.7 Å². The van der Waals surface area contributed by atoms with Gasteiger partial charge in [-0.1, -0.05) is 53.2 Å². The third-order valence-electron chi connectivity index (χ3n) is 23.1. The highest BCUT2D eigenvalue weighted by Crippen LogP contribution is 2.76. The number of aliphatic hydroxyl groups excluding tert-OH is 14. The molecule has 10 rings (SSSR count). The van der Waals surface area contributed by atoms with Gasteiger partial charge < -0.3 is 124 Å². The Balaban J connectivity index is 0.895. The first-order valence-corrected chi connectivity index (χ1v) is 30.2. The Morgan fingerprint density at radius 2 is 1.18 bits per heavy atom. The minimum absolute atomic E-state index is 0.0912. The van der Waals surface area contributed by atoms with Crippen molar-refractivity contribution in [2.45, 2.75) is 266 Å². The predicted molar refractivity (Wildman–Crippen MR) is 283 cm³/mol. The molecule has 5 aliphatic carbocycles. The minimum Gasteiger partial charge on any atom is -0.432 e. The highest BCUT2D eigenvalue weighted by Gasteiger charge is 2.72. The van der Waals surface area contributed by atoms with E-state index in [1.165, 1.54) is 6.92 Å². The van der Waals surface area contributed by atoms with E-state index in [0.29, 0.717) is 32.1 Å². The Bertz CT molecular complexity index is 2350. The number of esters is 1. The summed E-state index contributed by atoms with van der Waals surface area (Å²) in [5.41, 5.74) is -3.60. The Kier molecular flexibility index (Phi) is 18.5. The summed E-state index contributed by atoms with van der Waals surface area (Å²) in [7, 11) is 0. The molecule has 0 aromatic heterocycles. The molecule has 5 saturated heterocycles. The monoisotopic (exact) mass is 1210 g/mol. The first kappa shape index (κ1) is 65.2. The average molecular weight is 1210 g/mol. The molecule has 5 heterocycles. The molecule has 84 heavy (non-hydrogen) atoms. The molecule has 4 saturated carbocycles. The smallest absolute Gasteiger partial charge is 0.315 e. The van der Waals surface area contributed by atoms with Crippen LogP contribution in [0.3, 0.4) is 0 Å². The molecule has 9 fully saturated rings. The van der Waals surface area contributed by atoms with Crippen molar-refractivity contribution in [3.63, 3.8) is 0 Å². The van der Waals surface area contributed by atoms with Gasteiger partial charge in [0.05, 0.1) is 49.7 Å². The molecule has 0 radical (unpaired) electrons. The first-order chi connectivity index (χ1) is 39.3. The van der Waals surface area contributed by atoms with Crippen LogP contribution in [-0.4, -0.2) is 262 Å². The molecule has 26 nitrogen and oxygen atoms in total. The van der Waals surface area contributed by atoms with Crippen LogP contribution >= 0.6 is 0 Å². The molecule has 10 aliphatic rings. The van der Waals surface area contributed by atoms with Crippen molar-refractivity contribution in [3.05, 3.63) is 11.6 Å². The van der Waals surface area contributed by atoms with E-state index in [9.17, 15) is 76.6 Å². The van der Waals surface area contributed by atoms with Gasteiger partial charge in [-0.2, -0.15) is 0 Å². The summed E-state index contributed by atoms with van der Waals surface area (Å²) in [6.45, 7) is 14.4. The van der Waals surface area contributed by atoms with Crippen LogP contribution < -0.4 is 0 Å². The molecule has 26 heteroatoms. The molecule has 0 aromatic carbocycles. The maximum Gasteiger partial charge on any atom is 0.315 e. The largest absolute Gasteiger partial charge is 0.432 e. The predicted octanol–water partition coefficient (Wildman–Crippen LogP) is -2.93. The van der Waals surface area contributed by atoms with E-state index in [-0.39, 0.29) is 41.6 Å². The summed E-state index contributed by atoms with van der Waals surface area (Å²) >= 11 is 0. The van der Waals surface area contributed by atoms with Gasteiger partial charge in [0.2, 0.25) is 6.29 Å². The number of rotatable bonds is 12. The summed E-state index contributed by atoms with van der Waals surface area (Å²) in [6, 6.07) is 0. The van der Waals surface area contributed by atoms with Crippen molar-refractivity contribution < 1.29 is 129 Å². The molecule has 33 unspecified atom stereocenters. The van der Waals surface area contributed by atoms with Gasteiger partial charge in [-0.3, -0.25) is 4.79 Å². The second-order valence-corrected chi connectivity index (χ2v) is 27.9. The normalized spacial score (nSPS) is 55.8. The fourth-order valence-electron chi connectivity index (χ4n) is 17.5. The lowest BCUT2D eigenvalue weighted by molar-refractivity contribution is -0.365. The Hall–Kier alpha value is -1.75. The molecule has 15 N–H and O–H groups in total. The Morgan fingerprint density at radius 1 is 0.571 bits per heavy atom. The van der Waals surface area contributed by atoms with Crippen LogP contribution in [0.25, 0.3) is 0 Å². The van der Waals surface area contributed by atoms with Crippen LogP contribution in [0.1, 0.15) is 113 Å². The van der Waals surface area contributed by atoms with Crippen molar-refractivity contribution in [3.8, 4) is 0 Å². The number of fused-ring (bicyclic) bond motifs is 7. The highest BCUT2D eigenvalue weighted by molar-refractivity contribution is 5.79. The van der Waals surface area contributed by atoms with Gasteiger partial charge in [0.1, 0.15) is 97.7 Å². The fraction of sp³-hybridized carbons (Fsp3) is 0.948. The van der Waals surface area contributed by atoms with Crippen LogP contribution in [0.2, 0.25) is 0 Å². The first-order valence-electron chi connectivity index (χ1n) is 30.2. The molecule has 0 bridgehead atoms. The second kappa shape index (κ2) is 23.8. The number of allylic oxidation sites excluding steroid dienone is 1. The van der Waals surface area contributed by atoms with E-state index in [4.69, 9.17) is 47.4 Å². The lowest BCUT2D eigenvalue weighted by Crippen LogP contribution is -2.68. The van der Waals surface area contributed by atoms with Gasteiger partial charge >= 0.3 is 5.97 Å². The molecule has 33 atom stereocenters. The molecule has 5 aliphatic heterocycles. The van der Waals surface area contributed by atoms with Crippen molar-refractivity contribution in [1.29, 1.82) is 0 Å². The van der Waals surface area contributed by atoms with Gasteiger partial charge in [0.25, 0.3) is 0 Å². The maximum absolute atomic E-state index is 15.7. The zero-order valence-electron chi connectivity index (χ0n) is 49.1. The van der Waals surface area contributed by atoms with E-state index in [1.807, 2.05) is 6.92 Å².